The average Bonchev–Trinajstić information content (AvgIpc) is 3.44. The molecule has 0 aliphatic carbocycles. The number of rotatable bonds is 6. The number of nitrogens with one attached hydrogen (secondary N) is 1. The molecule has 2 aliphatic rings. The van der Waals surface area contributed by atoms with Crippen LogP contribution >= 0.6 is 11.6 Å². The lowest BCUT2D eigenvalue weighted by molar-refractivity contribution is 0.137. The first-order valence-electron chi connectivity index (χ1n) is 11.9. The van der Waals surface area contributed by atoms with Gasteiger partial charge in [-0.25, -0.2) is 17.9 Å². The fourth-order valence-electron chi connectivity index (χ4n) is 5.16. The number of nitrogens with zero attached hydrogens (tertiary/aromatic N) is 5. The van der Waals surface area contributed by atoms with E-state index in [9.17, 15) is 8.42 Å². The van der Waals surface area contributed by atoms with E-state index in [1.807, 2.05) is 10.6 Å². The predicted molar refractivity (Wildman–Crippen MR) is 136 cm³/mol. The van der Waals surface area contributed by atoms with Gasteiger partial charge in [-0.1, -0.05) is 18.0 Å². The van der Waals surface area contributed by atoms with Gasteiger partial charge in [-0.2, -0.15) is 5.10 Å². The number of halogens is 1. The molecule has 34 heavy (non-hydrogen) atoms. The maximum absolute atomic E-state index is 11.9. The average molecular weight is 503 g/mol. The van der Waals surface area contributed by atoms with E-state index < -0.39 is 10.0 Å². The van der Waals surface area contributed by atoms with Gasteiger partial charge in [0.2, 0.25) is 10.0 Å². The Hall–Kier alpha value is -2.36. The first kappa shape index (κ1) is 23.4. The summed E-state index contributed by atoms with van der Waals surface area (Å²) in [6, 6.07) is 7.53. The van der Waals surface area contributed by atoms with Crippen LogP contribution in [0.1, 0.15) is 55.0 Å². The van der Waals surface area contributed by atoms with Crippen molar-refractivity contribution < 1.29 is 8.42 Å². The number of benzene rings is 1. The van der Waals surface area contributed by atoms with Gasteiger partial charge in [0.05, 0.1) is 23.7 Å². The van der Waals surface area contributed by atoms with Crippen LogP contribution in [0.15, 0.2) is 30.5 Å². The summed E-state index contributed by atoms with van der Waals surface area (Å²) in [6.45, 7) is 5.72. The van der Waals surface area contributed by atoms with Gasteiger partial charge in [0.1, 0.15) is 5.82 Å². The molecule has 0 amide bonds. The summed E-state index contributed by atoms with van der Waals surface area (Å²) in [5, 5.41) is 5.50. The number of hydrogen-bond donors (Lipinski definition) is 1. The molecule has 2 fully saturated rings. The number of aromatic nitrogens is 3. The highest BCUT2D eigenvalue weighted by Gasteiger charge is 2.28. The SMILES string of the molecule is Cc1cn2nc(C3CCCCN3Cc3cc(Cl)ccc3NS(C)(=O)=O)cc2nc1N1CCCC1. The largest absolute Gasteiger partial charge is 0.356 e. The fraction of sp³-hybridized carbons (Fsp3) is 0.500. The fourth-order valence-corrected chi connectivity index (χ4v) is 5.95. The minimum Gasteiger partial charge on any atom is -0.356 e. The number of sulfonamides is 1. The highest BCUT2D eigenvalue weighted by atomic mass is 35.5. The molecular formula is C24H31ClN6O2S. The Bertz CT molecular complexity index is 1300. The standard InChI is InChI=1S/C24H31ClN6O2S/c1-17-15-31-23(26-24(17)29-10-5-6-11-29)14-21(27-31)22-7-3-4-12-30(22)16-18-13-19(25)8-9-20(18)28-34(2,32)33/h8-9,13-15,22,28H,3-7,10-12,16H2,1-2H3. The number of aryl methyl sites for hydroxylation is 1. The Morgan fingerprint density at radius 1 is 1.12 bits per heavy atom. The summed E-state index contributed by atoms with van der Waals surface area (Å²) < 4.78 is 28.3. The maximum Gasteiger partial charge on any atom is 0.229 e. The number of hydrogen-bond acceptors (Lipinski definition) is 6. The molecule has 1 aromatic carbocycles. The van der Waals surface area contributed by atoms with Gasteiger partial charge < -0.3 is 4.90 Å². The second-order valence-corrected chi connectivity index (χ2v) is 11.7. The minimum atomic E-state index is -3.39. The second kappa shape index (κ2) is 9.36. The van der Waals surface area contributed by atoms with Gasteiger partial charge in [0.25, 0.3) is 0 Å². The van der Waals surface area contributed by atoms with Crippen molar-refractivity contribution >= 4 is 38.8 Å². The van der Waals surface area contributed by atoms with Crippen LogP contribution < -0.4 is 9.62 Å². The number of likely N-dealkylation sites (tertiary alicyclic amines) is 1. The van der Waals surface area contributed by atoms with Gasteiger partial charge >= 0.3 is 0 Å². The Kier molecular flexibility index (Phi) is 6.43. The van der Waals surface area contributed by atoms with Crippen molar-refractivity contribution in [3.05, 3.63) is 52.3 Å². The molecular weight excluding hydrogens is 472 g/mol. The van der Waals surface area contributed by atoms with Crippen molar-refractivity contribution in [3.63, 3.8) is 0 Å². The van der Waals surface area contributed by atoms with Gasteiger partial charge in [-0.3, -0.25) is 9.62 Å². The normalized spacial score (nSPS) is 19.7. The lowest BCUT2D eigenvalue weighted by Gasteiger charge is -2.35. The van der Waals surface area contributed by atoms with Crippen molar-refractivity contribution in [2.24, 2.45) is 0 Å². The Morgan fingerprint density at radius 3 is 2.65 bits per heavy atom. The van der Waals surface area contributed by atoms with Gasteiger partial charge in [-0.05, 0) is 62.9 Å². The molecule has 0 bridgehead atoms. The molecule has 2 aromatic heterocycles. The topological polar surface area (TPSA) is 82.8 Å². The van der Waals surface area contributed by atoms with E-state index >= 15 is 0 Å². The first-order valence-corrected chi connectivity index (χ1v) is 14.2. The monoisotopic (exact) mass is 502 g/mol. The molecule has 4 heterocycles. The van der Waals surface area contributed by atoms with Crippen LogP contribution in [0.2, 0.25) is 5.02 Å². The van der Waals surface area contributed by atoms with E-state index in [-0.39, 0.29) is 6.04 Å². The molecule has 2 aliphatic heterocycles. The van der Waals surface area contributed by atoms with Crippen molar-refractivity contribution in [1.29, 1.82) is 0 Å². The van der Waals surface area contributed by atoms with Crippen LogP contribution in [0.4, 0.5) is 11.5 Å². The second-order valence-electron chi connectivity index (χ2n) is 9.47. The molecule has 5 rings (SSSR count). The molecule has 3 aromatic rings. The molecule has 10 heteroatoms. The number of anilines is 2. The molecule has 0 saturated carbocycles. The van der Waals surface area contributed by atoms with E-state index in [0.717, 1.165) is 73.4 Å². The number of piperidine rings is 1. The van der Waals surface area contributed by atoms with Crippen molar-refractivity contribution in [2.45, 2.75) is 51.6 Å². The molecule has 2 saturated heterocycles. The lowest BCUT2D eigenvalue weighted by Crippen LogP contribution is -2.33. The molecule has 1 atom stereocenters. The highest BCUT2D eigenvalue weighted by molar-refractivity contribution is 7.92. The van der Waals surface area contributed by atoms with E-state index in [4.69, 9.17) is 21.7 Å². The van der Waals surface area contributed by atoms with E-state index in [1.165, 1.54) is 12.8 Å². The third kappa shape index (κ3) is 5.01. The highest BCUT2D eigenvalue weighted by Crippen LogP contribution is 2.34. The van der Waals surface area contributed by atoms with Gasteiger partial charge in [-0.15, -0.1) is 0 Å². The predicted octanol–water partition coefficient (Wildman–Crippen LogP) is 4.39. The van der Waals surface area contributed by atoms with Crippen LogP contribution in [0, 0.1) is 6.92 Å². The summed E-state index contributed by atoms with van der Waals surface area (Å²) in [5.74, 6) is 1.06. The summed E-state index contributed by atoms with van der Waals surface area (Å²) in [4.78, 5) is 9.70. The molecule has 0 radical (unpaired) electrons. The quantitative estimate of drug-likeness (QED) is 0.538. The Morgan fingerprint density at radius 2 is 1.88 bits per heavy atom. The summed E-state index contributed by atoms with van der Waals surface area (Å²) in [6.07, 6.45) is 8.90. The van der Waals surface area contributed by atoms with Crippen molar-refractivity contribution in [3.8, 4) is 0 Å². The molecule has 0 spiro atoms. The molecule has 8 nitrogen and oxygen atoms in total. The van der Waals surface area contributed by atoms with Crippen LogP contribution in [-0.2, 0) is 16.6 Å². The summed E-state index contributed by atoms with van der Waals surface area (Å²) in [7, 11) is -3.39. The first-order chi connectivity index (χ1) is 16.3. The summed E-state index contributed by atoms with van der Waals surface area (Å²) in [5.41, 5.74) is 4.44. The zero-order valence-corrected chi connectivity index (χ0v) is 21.2. The van der Waals surface area contributed by atoms with E-state index in [2.05, 4.69) is 33.7 Å². The van der Waals surface area contributed by atoms with Crippen LogP contribution in [0.3, 0.4) is 0 Å². The van der Waals surface area contributed by atoms with Gasteiger partial charge in [0.15, 0.2) is 5.65 Å². The Labute approximate surface area is 206 Å². The lowest BCUT2D eigenvalue weighted by atomic mass is 9.98. The van der Waals surface area contributed by atoms with Crippen molar-refractivity contribution in [2.75, 3.05) is 35.5 Å². The van der Waals surface area contributed by atoms with Crippen LogP contribution in [0.25, 0.3) is 5.65 Å². The molecule has 1 unspecified atom stereocenters. The summed E-state index contributed by atoms with van der Waals surface area (Å²) >= 11 is 6.27. The molecule has 182 valence electrons. The third-order valence-corrected chi connectivity index (χ3v) is 7.55. The smallest absolute Gasteiger partial charge is 0.229 e. The van der Waals surface area contributed by atoms with Crippen LogP contribution in [0.5, 0.6) is 0 Å². The van der Waals surface area contributed by atoms with Gasteiger partial charge in [0, 0.05) is 42.5 Å². The molecule has 1 N–H and O–H groups in total. The number of fused-ring (bicyclic) bond motifs is 1. The zero-order valence-electron chi connectivity index (χ0n) is 19.7. The maximum atomic E-state index is 11.9. The van der Waals surface area contributed by atoms with E-state index in [0.29, 0.717) is 17.3 Å². The zero-order chi connectivity index (χ0) is 23.9. The third-order valence-electron chi connectivity index (χ3n) is 6.72. The van der Waals surface area contributed by atoms with E-state index in [1.54, 1.807) is 12.1 Å². The minimum absolute atomic E-state index is 0.135. The van der Waals surface area contributed by atoms with Crippen LogP contribution in [-0.4, -0.2) is 53.8 Å². The van der Waals surface area contributed by atoms with Crippen molar-refractivity contribution in [1.82, 2.24) is 19.5 Å². The Balaban J connectivity index is 1.45.